The summed E-state index contributed by atoms with van der Waals surface area (Å²) >= 11 is 0. The summed E-state index contributed by atoms with van der Waals surface area (Å²) in [6.07, 6.45) is 0. The summed E-state index contributed by atoms with van der Waals surface area (Å²) in [6.45, 7) is 0. The molecule has 0 saturated heterocycles. The summed E-state index contributed by atoms with van der Waals surface area (Å²) in [6, 6.07) is 62.1. The highest BCUT2D eigenvalue weighted by Crippen LogP contribution is 2.42. The first-order valence-electron chi connectivity index (χ1n) is 15.9. The van der Waals surface area contributed by atoms with Crippen molar-refractivity contribution in [1.29, 1.82) is 0 Å². The molecule has 8 aromatic carbocycles. The number of aromatic nitrogens is 2. The van der Waals surface area contributed by atoms with E-state index < -0.39 is 0 Å². The zero-order valence-electron chi connectivity index (χ0n) is 25.1. The summed E-state index contributed by atoms with van der Waals surface area (Å²) in [5.41, 5.74) is 9.59. The van der Waals surface area contributed by atoms with E-state index in [1.54, 1.807) is 0 Å². The zero-order chi connectivity index (χ0) is 30.2. The smallest absolute Gasteiger partial charge is 0.0562 e. The van der Waals surface area contributed by atoms with E-state index in [9.17, 15) is 0 Å². The Bertz CT molecular complexity index is 2800. The van der Waals surface area contributed by atoms with Gasteiger partial charge in [-0.15, -0.1) is 0 Å². The van der Waals surface area contributed by atoms with Gasteiger partial charge < -0.3 is 9.13 Å². The van der Waals surface area contributed by atoms with Crippen LogP contribution in [0, 0.1) is 0 Å². The predicted octanol–water partition coefficient (Wildman–Crippen LogP) is 11.9. The van der Waals surface area contributed by atoms with Crippen molar-refractivity contribution in [3.63, 3.8) is 0 Å². The SMILES string of the molecule is c1ccc(-c2cccc(-n3c4cc5c(cc4c4c6ccccc6ccc43)c3ccccc3n5-c3ccc4ccccc4c3)c2)cc1. The lowest BCUT2D eigenvalue weighted by Crippen LogP contribution is -1.96. The predicted molar refractivity (Wildman–Crippen MR) is 196 cm³/mol. The van der Waals surface area contributed by atoms with Crippen LogP contribution in [0.4, 0.5) is 0 Å². The zero-order valence-corrected chi connectivity index (χ0v) is 25.1. The maximum atomic E-state index is 2.46. The fourth-order valence-corrected chi connectivity index (χ4v) is 7.58. The maximum Gasteiger partial charge on any atom is 0.0562 e. The highest BCUT2D eigenvalue weighted by Gasteiger charge is 2.20. The standard InChI is InChI=1S/C44H28N2/c1-2-11-29(12-3-1)33-16-10-17-34(25-33)46-41-24-22-31-14-6-7-18-36(31)44(41)39-27-38-37-19-8-9-20-40(37)45(42(38)28-43(39)46)35-23-21-30-13-4-5-15-32(30)26-35/h1-28H. The van der Waals surface area contributed by atoms with Crippen LogP contribution in [-0.2, 0) is 0 Å². The van der Waals surface area contributed by atoms with Crippen molar-refractivity contribution in [2.45, 2.75) is 0 Å². The Hall–Kier alpha value is -6.12. The molecule has 46 heavy (non-hydrogen) atoms. The van der Waals surface area contributed by atoms with E-state index in [1.807, 2.05) is 0 Å². The van der Waals surface area contributed by atoms with E-state index in [0.717, 1.165) is 5.69 Å². The molecule has 2 nitrogen and oxygen atoms in total. The Morgan fingerprint density at radius 3 is 1.83 bits per heavy atom. The van der Waals surface area contributed by atoms with Crippen LogP contribution in [0.15, 0.2) is 170 Å². The van der Waals surface area contributed by atoms with Gasteiger partial charge in [0.2, 0.25) is 0 Å². The van der Waals surface area contributed by atoms with Gasteiger partial charge in [0, 0.05) is 32.9 Å². The summed E-state index contributed by atoms with van der Waals surface area (Å²) in [7, 11) is 0. The van der Waals surface area contributed by atoms with Crippen LogP contribution in [0.2, 0.25) is 0 Å². The van der Waals surface area contributed by atoms with E-state index in [2.05, 4.69) is 179 Å². The Morgan fingerprint density at radius 1 is 0.283 bits per heavy atom. The van der Waals surface area contributed by atoms with Crippen molar-refractivity contribution < 1.29 is 0 Å². The second kappa shape index (κ2) is 9.69. The molecule has 10 aromatic rings. The van der Waals surface area contributed by atoms with E-state index in [0.29, 0.717) is 0 Å². The van der Waals surface area contributed by atoms with E-state index in [-0.39, 0.29) is 0 Å². The third-order valence-electron chi connectivity index (χ3n) is 9.65. The monoisotopic (exact) mass is 584 g/mol. The van der Waals surface area contributed by atoms with E-state index >= 15 is 0 Å². The Balaban J connectivity index is 1.36. The van der Waals surface area contributed by atoms with Crippen molar-refractivity contribution in [3.05, 3.63) is 170 Å². The number of nitrogens with zero attached hydrogens (tertiary/aromatic N) is 2. The minimum Gasteiger partial charge on any atom is -0.309 e. The molecule has 2 heterocycles. The number of rotatable bonds is 3. The van der Waals surface area contributed by atoms with Crippen LogP contribution < -0.4 is 0 Å². The molecule has 0 amide bonds. The van der Waals surface area contributed by atoms with Gasteiger partial charge in [0.25, 0.3) is 0 Å². The third-order valence-corrected chi connectivity index (χ3v) is 9.65. The van der Waals surface area contributed by atoms with E-state index in [4.69, 9.17) is 0 Å². The molecule has 0 spiro atoms. The summed E-state index contributed by atoms with van der Waals surface area (Å²) in [5.74, 6) is 0. The van der Waals surface area contributed by atoms with Crippen molar-refractivity contribution in [2.24, 2.45) is 0 Å². The molecule has 0 fully saturated rings. The molecule has 0 aliphatic carbocycles. The molecule has 0 radical (unpaired) electrons. The largest absolute Gasteiger partial charge is 0.309 e. The van der Waals surface area contributed by atoms with Gasteiger partial charge in [-0.2, -0.15) is 0 Å². The Morgan fingerprint density at radius 2 is 0.935 bits per heavy atom. The average Bonchev–Trinajstić information content (AvgIpc) is 3.63. The second-order valence-corrected chi connectivity index (χ2v) is 12.2. The summed E-state index contributed by atoms with van der Waals surface area (Å²) in [5, 5.41) is 10.1. The van der Waals surface area contributed by atoms with Crippen LogP contribution in [0.25, 0.3) is 87.7 Å². The van der Waals surface area contributed by atoms with Gasteiger partial charge in [0.15, 0.2) is 0 Å². The first-order valence-corrected chi connectivity index (χ1v) is 15.9. The Kier molecular flexibility index (Phi) is 5.31. The van der Waals surface area contributed by atoms with Gasteiger partial charge in [-0.1, -0.05) is 121 Å². The molecule has 0 unspecified atom stereocenters. The minimum absolute atomic E-state index is 1.16. The highest BCUT2D eigenvalue weighted by molar-refractivity contribution is 6.25. The van der Waals surface area contributed by atoms with Gasteiger partial charge >= 0.3 is 0 Å². The van der Waals surface area contributed by atoms with Crippen molar-refractivity contribution in [2.75, 3.05) is 0 Å². The Labute approximate surface area is 266 Å². The molecular weight excluding hydrogens is 556 g/mol. The summed E-state index contributed by atoms with van der Waals surface area (Å²) in [4.78, 5) is 0. The number of benzene rings is 8. The minimum atomic E-state index is 1.16. The van der Waals surface area contributed by atoms with Crippen LogP contribution in [0.5, 0.6) is 0 Å². The topological polar surface area (TPSA) is 9.86 Å². The maximum absolute atomic E-state index is 2.46. The average molecular weight is 585 g/mol. The molecular formula is C44H28N2. The van der Waals surface area contributed by atoms with Gasteiger partial charge in [-0.25, -0.2) is 0 Å². The summed E-state index contributed by atoms with van der Waals surface area (Å²) < 4.78 is 4.91. The molecule has 0 bridgehead atoms. The van der Waals surface area contributed by atoms with Gasteiger partial charge in [0.1, 0.15) is 0 Å². The first kappa shape index (κ1) is 25.2. The van der Waals surface area contributed by atoms with Crippen LogP contribution in [-0.4, -0.2) is 9.13 Å². The van der Waals surface area contributed by atoms with Crippen molar-refractivity contribution in [3.8, 4) is 22.5 Å². The first-order chi connectivity index (χ1) is 22.8. The van der Waals surface area contributed by atoms with Crippen LogP contribution in [0.3, 0.4) is 0 Å². The lowest BCUT2D eigenvalue weighted by molar-refractivity contribution is 1.17. The number of fused-ring (bicyclic) bond motifs is 9. The second-order valence-electron chi connectivity index (χ2n) is 12.2. The molecule has 0 aliphatic heterocycles. The number of para-hydroxylation sites is 1. The molecule has 214 valence electrons. The normalized spacial score (nSPS) is 11.9. The lowest BCUT2D eigenvalue weighted by Gasteiger charge is -2.12. The molecule has 2 heteroatoms. The number of hydrogen-bond donors (Lipinski definition) is 0. The van der Waals surface area contributed by atoms with Crippen molar-refractivity contribution >= 4 is 65.2 Å². The van der Waals surface area contributed by atoms with Crippen LogP contribution in [0.1, 0.15) is 0 Å². The molecule has 0 aliphatic rings. The molecule has 10 rings (SSSR count). The lowest BCUT2D eigenvalue weighted by atomic mass is 10.0. The van der Waals surface area contributed by atoms with Gasteiger partial charge in [-0.05, 0) is 81.2 Å². The fraction of sp³-hybridized carbons (Fsp3) is 0. The van der Waals surface area contributed by atoms with Crippen molar-refractivity contribution in [1.82, 2.24) is 9.13 Å². The van der Waals surface area contributed by atoms with Gasteiger partial charge in [-0.3, -0.25) is 0 Å². The van der Waals surface area contributed by atoms with Gasteiger partial charge in [0.05, 0.1) is 22.1 Å². The molecule has 0 N–H and O–H groups in total. The fourth-order valence-electron chi connectivity index (χ4n) is 7.58. The van der Waals surface area contributed by atoms with E-state index in [1.165, 1.54) is 82.0 Å². The quantitative estimate of drug-likeness (QED) is 0.195. The molecule has 0 saturated carbocycles. The molecule has 2 aromatic heterocycles. The molecule has 0 atom stereocenters. The highest BCUT2D eigenvalue weighted by atomic mass is 15.0. The third kappa shape index (κ3) is 3.65. The van der Waals surface area contributed by atoms with Crippen LogP contribution >= 0.6 is 0 Å². The number of hydrogen-bond acceptors (Lipinski definition) is 0.